The summed E-state index contributed by atoms with van der Waals surface area (Å²) in [4.78, 5) is 36.3. The Kier molecular flexibility index (Phi) is 4.07. The molecule has 1 saturated carbocycles. The average molecular weight is 433 g/mol. The zero-order valence-corrected chi connectivity index (χ0v) is 18.8. The van der Waals surface area contributed by atoms with Crippen LogP contribution in [-0.4, -0.2) is 57.0 Å². The molecule has 3 aromatic rings. The first-order chi connectivity index (χ1) is 15.3. The SMILES string of the molecule is Cc1cc2[nH]c(-c3n[nH]c4c3C[C@@H]3C[C@]3(C)C4)nc2cc1N(C)C(=O)CN1CCCC1=O. The lowest BCUT2D eigenvalue weighted by atomic mass is 9.88. The van der Waals surface area contributed by atoms with Crippen LogP contribution in [0.5, 0.6) is 0 Å². The number of carbonyl (C=O) groups is 2. The number of benzene rings is 1. The van der Waals surface area contributed by atoms with Gasteiger partial charge in [0.25, 0.3) is 0 Å². The number of nitrogens with one attached hydrogen (secondary N) is 2. The number of H-pyrrole nitrogens is 2. The third-order valence-corrected chi connectivity index (χ3v) is 7.78. The number of amides is 2. The summed E-state index contributed by atoms with van der Waals surface area (Å²) < 4.78 is 0. The molecule has 0 unspecified atom stereocenters. The van der Waals surface area contributed by atoms with Crippen molar-refractivity contribution in [1.29, 1.82) is 0 Å². The van der Waals surface area contributed by atoms with Gasteiger partial charge in [-0.1, -0.05) is 6.92 Å². The number of imidazole rings is 1. The highest BCUT2D eigenvalue weighted by molar-refractivity contribution is 5.99. The van der Waals surface area contributed by atoms with Gasteiger partial charge in [0.2, 0.25) is 11.8 Å². The van der Waals surface area contributed by atoms with Gasteiger partial charge in [-0.05, 0) is 61.6 Å². The van der Waals surface area contributed by atoms with Crippen molar-refractivity contribution >= 4 is 28.5 Å². The minimum absolute atomic E-state index is 0.0599. The van der Waals surface area contributed by atoms with Crippen LogP contribution < -0.4 is 4.90 Å². The zero-order valence-electron chi connectivity index (χ0n) is 18.8. The van der Waals surface area contributed by atoms with Crippen LogP contribution in [-0.2, 0) is 22.4 Å². The van der Waals surface area contributed by atoms with Gasteiger partial charge in [-0.2, -0.15) is 5.10 Å². The van der Waals surface area contributed by atoms with Gasteiger partial charge in [-0.25, -0.2) is 4.98 Å². The number of likely N-dealkylation sites (tertiary alicyclic amines) is 1. The largest absolute Gasteiger partial charge is 0.337 e. The number of aromatic nitrogens is 4. The molecule has 0 radical (unpaired) electrons. The summed E-state index contributed by atoms with van der Waals surface area (Å²) >= 11 is 0. The lowest BCUT2D eigenvalue weighted by Crippen LogP contribution is -2.39. The average Bonchev–Trinajstić information content (AvgIpc) is 3.10. The summed E-state index contributed by atoms with van der Waals surface area (Å²) in [5, 5.41) is 7.85. The highest BCUT2D eigenvalue weighted by atomic mass is 16.2. The molecule has 3 aliphatic rings. The zero-order chi connectivity index (χ0) is 22.2. The molecule has 2 aromatic heterocycles. The van der Waals surface area contributed by atoms with Crippen LogP contribution in [0.2, 0.25) is 0 Å². The number of fused-ring (bicyclic) bond motifs is 3. The number of likely N-dealkylation sites (N-methyl/N-ethyl adjacent to an activating group) is 1. The van der Waals surface area contributed by atoms with E-state index in [1.54, 1.807) is 16.8 Å². The quantitative estimate of drug-likeness (QED) is 0.662. The van der Waals surface area contributed by atoms with Crippen LogP contribution >= 0.6 is 0 Å². The molecule has 1 aromatic carbocycles. The van der Waals surface area contributed by atoms with E-state index in [2.05, 4.69) is 22.1 Å². The normalized spacial score (nSPS) is 24.0. The number of carbonyl (C=O) groups excluding carboxylic acids is 2. The van der Waals surface area contributed by atoms with E-state index in [0.717, 1.165) is 59.0 Å². The standard InChI is InChI=1S/C24H28N6O2/c1-13-7-16-17(9-19(13)29(3)21(32)12-30-6-4-5-20(30)31)26-23(25-16)22-15-8-14-10-24(14,2)11-18(15)27-28-22/h7,9,14H,4-6,8,10-12H2,1-3H3,(H,25,26)(H,27,28)/t14-,24-/m1/s1. The Morgan fingerprint density at radius 3 is 3.00 bits per heavy atom. The van der Waals surface area contributed by atoms with Crippen molar-refractivity contribution in [3.63, 3.8) is 0 Å². The number of rotatable bonds is 4. The molecule has 0 spiro atoms. The molecule has 2 atom stereocenters. The van der Waals surface area contributed by atoms with Gasteiger partial charge < -0.3 is 14.8 Å². The molecule has 1 aliphatic heterocycles. The molecule has 6 rings (SSSR count). The summed E-state index contributed by atoms with van der Waals surface area (Å²) in [7, 11) is 1.77. The number of aromatic amines is 2. The third-order valence-electron chi connectivity index (χ3n) is 7.78. The Hall–Kier alpha value is -3.16. The molecule has 2 aliphatic carbocycles. The molecule has 166 valence electrons. The maximum absolute atomic E-state index is 12.8. The Balaban J connectivity index is 1.29. The molecule has 3 heterocycles. The number of aryl methyl sites for hydroxylation is 1. The van der Waals surface area contributed by atoms with Crippen LogP contribution in [0.25, 0.3) is 22.6 Å². The van der Waals surface area contributed by atoms with E-state index in [0.29, 0.717) is 18.4 Å². The molecule has 1 saturated heterocycles. The molecule has 32 heavy (non-hydrogen) atoms. The number of nitrogens with zero attached hydrogens (tertiary/aromatic N) is 4. The molecule has 2 fully saturated rings. The van der Waals surface area contributed by atoms with Crippen LogP contribution in [0.4, 0.5) is 5.69 Å². The Labute approximate surface area is 186 Å². The predicted octanol–water partition coefficient (Wildman–Crippen LogP) is 2.97. The number of anilines is 1. The van der Waals surface area contributed by atoms with Crippen molar-refractivity contribution in [2.45, 2.75) is 46.0 Å². The molecular weight excluding hydrogens is 404 g/mol. The fourth-order valence-corrected chi connectivity index (χ4v) is 5.55. The summed E-state index contributed by atoms with van der Waals surface area (Å²) in [6.07, 6.45) is 4.78. The fourth-order valence-electron chi connectivity index (χ4n) is 5.55. The lowest BCUT2D eigenvalue weighted by molar-refractivity contribution is -0.132. The first-order valence-corrected chi connectivity index (χ1v) is 11.4. The van der Waals surface area contributed by atoms with Crippen LogP contribution in [0.3, 0.4) is 0 Å². The number of hydrogen-bond donors (Lipinski definition) is 2. The van der Waals surface area contributed by atoms with E-state index in [4.69, 9.17) is 4.98 Å². The summed E-state index contributed by atoms with van der Waals surface area (Å²) in [5.41, 5.74) is 7.44. The molecular formula is C24H28N6O2. The maximum atomic E-state index is 12.8. The monoisotopic (exact) mass is 432 g/mol. The second kappa shape index (κ2) is 6.67. The molecule has 8 nitrogen and oxygen atoms in total. The smallest absolute Gasteiger partial charge is 0.246 e. The minimum Gasteiger partial charge on any atom is -0.337 e. The topological polar surface area (TPSA) is 98.0 Å². The Morgan fingerprint density at radius 2 is 2.22 bits per heavy atom. The molecule has 2 N–H and O–H groups in total. The molecule has 2 amide bonds. The second-order valence-electron chi connectivity index (χ2n) is 10.1. The van der Waals surface area contributed by atoms with Crippen LogP contribution in [0.1, 0.15) is 43.0 Å². The van der Waals surface area contributed by atoms with Crippen LogP contribution in [0, 0.1) is 18.3 Å². The van der Waals surface area contributed by atoms with Crippen molar-refractivity contribution in [1.82, 2.24) is 25.1 Å². The highest BCUT2D eigenvalue weighted by Crippen LogP contribution is 2.59. The van der Waals surface area contributed by atoms with Gasteiger partial charge >= 0.3 is 0 Å². The van der Waals surface area contributed by atoms with Gasteiger partial charge in [0.1, 0.15) is 12.2 Å². The highest BCUT2D eigenvalue weighted by Gasteiger charge is 2.53. The Morgan fingerprint density at radius 1 is 1.38 bits per heavy atom. The summed E-state index contributed by atoms with van der Waals surface area (Å²) in [6.45, 7) is 5.14. The van der Waals surface area contributed by atoms with Gasteiger partial charge in [-0.15, -0.1) is 0 Å². The van der Waals surface area contributed by atoms with Gasteiger partial charge in [0.15, 0.2) is 5.82 Å². The van der Waals surface area contributed by atoms with E-state index < -0.39 is 0 Å². The first-order valence-electron chi connectivity index (χ1n) is 11.4. The summed E-state index contributed by atoms with van der Waals surface area (Å²) in [5.74, 6) is 1.50. The predicted molar refractivity (Wildman–Crippen MR) is 121 cm³/mol. The minimum atomic E-state index is -0.0905. The van der Waals surface area contributed by atoms with Crippen molar-refractivity contribution in [2.75, 3.05) is 25.0 Å². The van der Waals surface area contributed by atoms with Gasteiger partial charge in [0, 0.05) is 37.0 Å². The second-order valence-corrected chi connectivity index (χ2v) is 10.1. The van der Waals surface area contributed by atoms with E-state index in [9.17, 15) is 9.59 Å². The molecule has 0 bridgehead atoms. The van der Waals surface area contributed by atoms with Gasteiger partial charge in [0.05, 0.1) is 11.0 Å². The van der Waals surface area contributed by atoms with E-state index >= 15 is 0 Å². The van der Waals surface area contributed by atoms with Gasteiger partial charge in [-0.3, -0.25) is 14.7 Å². The molecule has 8 heteroatoms. The van der Waals surface area contributed by atoms with E-state index in [1.807, 2.05) is 19.1 Å². The maximum Gasteiger partial charge on any atom is 0.246 e. The Bertz CT molecular complexity index is 1270. The fraction of sp³-hybridized carbons (Fsp3) is 0.500. The lowest BCUT2D eigenvalue weighted by Gasteiger charge is -2.23. The van der Waals surface area contributed by atoms with E-state index in [-0.39, 0.29) is 18.4 Å². The number of hydrogen-bond acceptors (Lipinski definition) is 4. The third kappa shape index (κ3) is 2.96. The van der Waals surface area contributed by atoms with Crippen molar-refractivity contribution in [3.05, 3.63) is 29.0 Å². The van der Waals surface area contributed by atoms with Crippen molar-refractivity contribution in [2.24, 2.45) is 11.3 Å². The first kappa shape index (κ1) is 19.5. The van der Waals surface area contributed by atoms with Crippen molar-refractivity contribution in [3.8, 4) is 11.5 Å². The van der Waals surface area contributed by atoms with Crippen LogP contribution in [0.15, 0.2) is 12.1 Å². The van der Waals surface area contributed by atoms with Crippen molar-refractivity contribution < 1.29 is 9.59 Å². The van der Waals surface area contributed by atoms with E-state index in [1.165, 1.54) is 17.7 Å². The summed E-state index contributed by atoms with van der Waals surface area (Å²) in [6, 6.07) is 3.98.